The minimum atomic E-state index is -0.0848. The number of para-hydroxylation sites is 5. The molecule has 0 bridgehead atoms. The van der Waals surface area contributed by atoms with Gasteiger partial charge in [0.15, 0.2) is 0 Å². The highest BCUT2D eigenvalue weighted by atomic mass is 15.0. The summed E-state index contributed by atoms with van der Waals surface area (Å²) in [6, 6.07) is 160. The maximum absolute atomic E-state index is 2.53. The first-order chi connectivity index (χ1) is 67.5. The van der Waals surface area contributed by atoms with Crippen molar-refractivity contribution in [2.75, 3.05) is 0 Å². The second-order valence-corrected chi connectivity index (χ2v) is 42.6. The van der Waals surface area contributed by atoms with Gasteiger partial charge < -0.3 is 13.7 Å². The zero-order valence-corrected chi connectivity index (χ0v) is 80.8. The maximum Gasteiger partial charge on any atom is 0.0541 e. The summed E-state index contributed by atoms with van der Waals surface area (Å²) in [5.41, 5.74) is 34.8. The van der Waals surface area contributed by atoms with Gasteiger partial charge in [-0.05, 0) is 306 Å². The quantitative estimate of drug-likeness (QED) is 0.147. The van der Waals surface area contributed by atoms with E-state index in [0.29, 0.717) is 0 Å². The number of hydrogen-bond acceptors (Lipinski definition) is 0. The van der Waals surface area contributed by atoms with Crippen LogP contribution in [0.4, 0.5) is 0 Å². The lowest BCUT2D eigenvalue weighted by Crippen LogP contribution is -2.43. The number of rotatable bonds is 6. The fraction of sp³-hybridized carbons (Fsp3) is 0.132. The Kier molecular flexibility index (Phi) is 18.5. The standard InChI is InChI=1S/C48H37N.2C44H35N/c1-47(2)43-24-23-32(49-45-21-13-12-20-37(45)42-26-31(22-25-46(42)49)30-14-6-5-7-15-30)27-40(43)41-28-38-35-18-10-8-16-33(35)34-17-9-11-19-36(34)39(38)29-44(41)48(47,3)4;1-43(2)39-26-20-30(28-17-21-31(22-18-28)45-40-15-9-7-13-34(40)35-14-8-10-16-41(35)45)27-38(39)37-25-24-33-32-12-6-5-11-29(32)19-23-36(33)42(37)44(43,3)4;1-43(2)39-27-30(29-20-25-41-38(26-29)35-16-10-11-17-40(35)45(41)31-13-6-5-7-14-31)19-21-34(39)37-24-23-33-32-15-9-8-12-28(32)18-22-36(33)42(37)44(43,3)4/h5-29H,1-4H3;2*5-27H,1-4H3. The molecule has 3 aliphatic carbocycles. The molecule has 0 spiro atoms. The van der Waals surface area contributed by atoms with Gasteiger partial charge in [-0.2, -0.15) is 0 Å². The Morgan fingerprint density at radius 3 is 0.950 bits per heavy atom. The maximum atomic E-state index is 2.53. The summed E-state index contributed by atoms with van der Waals surface area (Å²) in [6.07, 6.45) is 0. The topological polar surface area (TPSA) is 14.8 Å². The smallest absolute Gasteiger partial charge is 0.0541 e. The third-order valence-corrected chi connectivity index (χ3v) is 34.4. The lowest BCUT2D eigenvalue weighted by Gasteiger charge is -2.49. The molecule has 0 saturated carbocycles. The largest absolute Gasteiger partial charge is 0.309 e. The van der Waals surface area contributed by atoms with E-state index in [2.05, 4.69) is 527 Å². The summed E-state index contributed by atoms with van der Waals surface area (Å²) >= 11 is 0. The van der Waals surface area contributed by atoms with E-state index in [4.69, 9.17) is 0 Å². The van der Waals surface area contributed by atoms with Crippen LogP contribution in [0.25, 0.3) is 225 Å². The highest BCUT2D eigenvalue weighted by Crippen LogP contribution is 2.61. The van der Waals surface area contributed by atoms with Gasteiger partial charge >= 0.3 is 0 Å². The number of benzene rings is 22. The molecule has 0 aliphatic heterocycles. The van der Waals surface area contributed by atoms with E-state index in [1.54, 1.807) is 0 Å². The number of fused-ring (bicyclic) bond motifs is 32. The molecule has 0 saturated heterocycles. The lowest BCUT2D eigenvalue weighted by atomic mass is 9.54. The van der Waals surface area contributed by atoms with Gasteiger partial charge in [0.2, 0.25) is 0 Å². The molecule has 3 aliphatic rings. The molecule has 3 heteroatoms. The van der Waals surface area contributed by atoms with Crippen LogP contribution in [0.1, 0.15) is 116 Å². The van der Waals surface area contributed by atoms with Crippen LogP contribution in [0.15, 0.2) is 431 Å². The van der Waals surface area contributed by atoms with Crippen LogP contribution in [0.5, 0.6) is 0 Å². The van der Waals surface area contributed by atoms with Crippen molar-refractivity contribution < 1.29 is 0 Å². The number of hydrogen-bond donors (Lipinski definition) is 0. The van der Waals surface area contributed by atoms with Crippen LogP contribution in [-0.2, 0) is 32.5 Å². The van der Waals surface area contributed by atoms with Crippen molar-refractivity contribution in [3.63, 3.8) is 0 Å². The molecule has 0 unspecified atom stereocenters. The zero-order chi connectivity index (χ0) is 94.1. The van der Waals surface area contributed by atoms with Gasteiger partial charge in [-0.3, -0.25) is 0 Å². The van der Waals surface area contributed by atoms with E-state index in [9.17, 15) is 0 Å². The monoisotopic (exact) mass is 1780 g/mol. The van der Waals surface area contributed by atoms with E-state index < -0.39 is 0 Å². The van der Waals surface area contributed by atoms with Crippen LogP contribution < -0.4 is 0 Å². The van der Waals surface area contributed by atoms with Gasteiger partial charge in [0.1, 0.15) is 0 Å². The molecule has 0 amide bonds. The van der Waals surface area contributed by atoms with Gasteiger partial charge in [0.05, 0.1) is 33.1 Å². The zero-order valence-electron chi connectivity index (χ0n) is 80.8. The first kappa shape index (κ1) is 83.6. The van der Waals surface area contributed by atoms with E-state index in [1.165, 1.54) is 258 Å². The van der Waals surface area contributed by atoms with Crippen molar-refractivity contribution in [2.24, 2.45) is 0 Å². The first-order valence-electron chi connectivity index (χ1n) is 49.5. The Labute approximate surface area is 812 Å². The highest BCUT2D eigenvalue weighted by Gasteiger charge is 2.50. The van der Waals surface area contributed by atoms with Gasteiger partial charge in [-0.25, -0.2) is 0 Å². The average Bonchev–Trinajstić information content (AvgIpc) is 1.37. The lowest BCUT2D eigenvalue weighted by molar-refractivity contribution is 0.299. The fourth-order valence-corrected chi connectivity index (χ4v) is 25.1. The van der Waals surface area contributed by atoms with E-state index in [0.717, 1.165) is 0 Å². The molecule has 22 aromatic carbocycles. The predicted molar refractivity (Wildman–Crippen MR) is 596 cm³/mol. The Bertz CT molecular complexity index is 9430. The molecule has 3 aromatic heterocycles. The predicted octanol–water partition coefficient (Wildman–Crippen LogP) is 37.1. The van der Waals surface area contributed by atoms with Crippen LogP contribution in [-0.4, -0.2) is 13.7 Å². The molecule has 0 fully saturated rings. The van der Waals surface area contributed by atoms with Gasteiger partial charge in [0.25, 0.3) is 0 Å². The first-order valence-corrected chi connectivity index (χ1v) is 49.5. The van der Waals surface area contributed by atoms with Gasteiger partial charge in [0, 0.05) is 60.2 Å². The SMILES string of the molecule is CC1(C)c2cc(-c3ccc4c(c3)c3ccccc3n4-c3ccccc3)ccc2-c2ccc3c(ccc4ccccc43)c2C1(C)C.CC1(C)c2ccc(-c3ccc(-n4c5ccccc5c5ccccc54)cc3)cc2-c2ccc3c(ccc4ccccc43)c2C1(C)C.CC1(C)c2ccc(-n3c4ccccc4c4cc(-c5ccccc5)ccc43)cc2-c2cc3c4ccccc4c4ccccc4c3cc2C1(C)C. The van der Waals surface area contributed by atoms with Crippen molar-refractivity contribution in [3.05, 3.63) is 464 Å². The minimum Gasteiger partial charge on any atom is -0.309 e. The molecule has 28 rings (SSSR count). The molecule has 0 atom stereocenters. The fourth-order valence-electron chi connectivity index (χ4n) is 25.1. The summed E-state index contributed by atoms with van der Waals surface area (Å²) in [4.78, 5) is 0. The van der Waals surface area contributed by atoms with E-state index in [-0.39, 0.29) is 32.5 Å². The number of nitrogens with zero attached hydrogens (tertiary/aromatic N) is 3. The molecule has 3 heterocycles. The molecule has 25 aromatic rings. The number of aromatic nitrogens is 3. The van der Waals surface area contributed by atoms with Crippen molar-refractivity contribution in [2.45, 2.75) is 116 Å². The van der Waals surface area contributed by atoms with Crippen molar-refractivity contribution >= 4 is 141 Å². The Balaban J connectivity index is 0.000000108. The Morgan fingerprint density at radius 1 is 0.137 bits per heavy atom. The normalized spacial score (nSPS) is 15.0. The Hall–Kier alpha value is -15.9. The third-order valence-electron chi connectivity index (χ3n) is 34.4. The van der Waals surface area contributed by atoms with Crippen LogP contribution >= 0.6 is 0 Å². The Morgan fingerprint density at radius 2 is 0.432 bits per heavy atom. The second kappa shape index (κ2) is 30.8. The summed E-state index contributed by atoms with van der Waals surface area (Å²) in [5, 5.41) is 26.3. The van der Waals surface area contributed by atoms with Crippen LogP contribution in [0.3, 0.4) is 0 Å². The summed E-state index contributed by atoms with van der Waals surface area (Å²) in [7, 11) is 0. The van der Waals surface area contributed by atoms with Crippen LogP contribution in [0.2, 0.25) is 0 Å². The van der Waals surface area contributed by atoms with Crippen LogP contribution in [0, 0.1) is 0 Å². The van der Waals surface area contributed by atoms with Crippen molar-refractivity contribution in [1.82, 2.24) is 13.7 Å². The molecule has 0 radical (unpaired) electrons. The summed E-state index contributed by atoms with van der Waals surface area (Å²) in [5.74, 6) is 0. The van der Waals surface area contributed by atoms with Gasteiger partial charge in [-0.15, -0.1) is 0 Å². The average molecular weight is 1780 g/mol. The molecule has 3 nitrogen and oxygen atoms in total. The third kappa shape index (κ3) is 12.3. The second-order valence-electron chi connectivity index (χ2n) is 42.6. The molecule has 0 N–H and O–H groups in total. The van der Waals surface area contributed by atoms with Crippen molar-refractivity contribution in [1.29, 1.82) is 0 Å². The van der Waals surface area contributed by atoms with Gasteiger partial charge in [-0.1, -0.05) is 405 Å². The molecule has 666 valence electrons. The van der Waals surface area contributed by atoms with E-state index in [1.807, 2.05) is 0 Å². The molecular formula is C136H107N3. The van der Waals surface area contributed by atoms with E-state index >= 15 is 0 Å². The highest BCUT2D eigenvalue weighted by molar-refractivity contribution is 6.27. The summed E-state index contributed by atoms with van der Waals surface area (Å²) < 4.78 is 7.24. The van der Waals surface area contributed by atoms with Crippen molar-refractivity contribution in [3.8, 4) is 83.8 Å². The molecule has 139 heavy (non-hydrogen) atoms. The summed E-state index contributed by atoms with van der Waals surface area (Å²) in [6.45, 7) is 29.2. The molecular weight excluding hydrogens is 1680 g/mol. The minimum absolute atomic E-state index is 0.0474.